The van der Waals surface area contributed by atoms with E-state index in [4.69, 9.17) is 10.5 Å². The van der Waals surface area contributed by atoms with Crippen LogP contribution in [0.2, 0.25) is 0 Å². The van der Waals surface area contributed by atoms with Gasteiger partial charge in [-0.1, -0.05) is 24.3 Å². The van der Waals surface area contributed by atoms with Crippen molar-refractivity contribution in [1.82, 2.24) is 4.98 Å². The molecule has 1 heterocycles. The number of nitrogens with two attached hydrogens (primary N) is 1. The summed E-state index contributed by atoms with van der Waals surface area (Å²) in [5, 5.41) is 4.19. The maximum Gasteiger partial charge on any atom is 0.193 e. The standard InChI is InChI=1S/C20H22N4OS.HI/c1-14-15(2)26-19(23-14)11-12-22-20(21)24-16-7-6-10-18(13-16)25-17-8-4-3-5-9-17;/h3-10,13H,11-12H2,1-2H3,(H3,21,22,24);1H. The maximum absolute atomic E-state index is 5.99. The Balaban J connectivity index is 0.00000261. The number of aryl methyl sites for hydroxylation is 2. The second-order valence-electron chi connectivity index (χ2n) is 5.83. The number of nitrogens with one attached hydrogen (secondary N) is 1. The molecule has 0 bridgehead atoms. The van der Waals surface area contributed by atoms with E-state index in [0.717, 1.165) is 34.3 Å². The summed E-state index contributed by atoms with van der Waals surface area (Å²) in [6.45, 7) is 4.71. The third-order valence-corrected chi connectivity index (χ3v) is 4.90. The van der Waals surface area contributed by atoms with E-state index in [2.05, 4.69) is 22.2 Å². The van der Waals surface area contributed by atoms with Crippen LogP contribution in [-0.4, -0.2) is 17.5 Å². The molecule has 0 unspecified atom stereocenters. The first-order valence-electron chi connectivity index (χ1n) is 8.43. The molecule has 0 spiro atoms. The number of nitrogens with zero attached hydrogens (tertiary/aromatic N) is 2. The number of hydrogen-bond donors (Lipinski definition) is 2. The van der Waals surface area contributed by atoms with Crippen LogP contribution in [0.25, 0.3) is 0 Å². The van der Waals surface area contributed by atoms with Gasteiger partial charge in [0.15, 0.2) is 5.96 Å². The summed E-state index contributed by atoms with van der Waals surface area (Å²) in [6.07, 6.45) is 0.791. The lowest BCUT2D eigenvalue weighted by molar-refractivity contribution is 0.483. The Hall–Kier alpha value is -2.13. The Labute approximate surface area is 180 Å². The molecule has 0 atom stereocenters. The molecular formula is C20H23IN4OS. The van der Waals surface area contributed by atoms with Gasteiger partial charge in [-0.25, -0.2) is 4.98 Å². The van der Waals surface area contributed by atoms with E-state index in [1.165, 1.54) is 4.88 Å². The van der Waals surface area contributed by atoms with Crippen molar-refractivity contribution in [2.45, 2.75) is 20.3 Å². The second-order valence-corrected chi connectivity index (χ2v) is 7.12. The molecule has 0 saturated heterocycles. The number of halogens is 1. The number of benzene rings is 2. The lowest BCUT2D eigenvalue weighted by Crippen LogP contribution is -2.23. The number of guanidine groups is 1. The molecule has 0 amide bonds. The summed E-state index contributed by atoms with van der Waals surface area (Å²) < 4.78 is 5.83. The van der Waals surface area contributed by atoms with Crippen molar-refractivity contribution in [3.05, 3.63) is 70.2 Å². The van der Waals surface area contributed by atoms with Crippen LogP contribution in [0, 0.1) is 13.8 Å². The Kier molecular flexibility index (Phi) is 8.05. The largest absolute Gasteiger partial charge is 0.457 e. The molecule has 0 fully saturated rings. The smallest absolute Gasteiger partial charge is 0.193 e. The van der Waals surface area contributed by atoms with E-state index in [1.807, 2.05) is 61.5 Å². The van der Waals surface area contributed by atoms with Gasteiger partial charge < -0.3 is 15.8 Å². The van der Waals surface area contributed by atoms with Gasteiger partial charge in [0.1, 0.15) is 11.5 Å². The first-order valence-corrected chi connectivity index (χ1v) is 9.24. The van der Waals surface area contributed by atoms with Gasteiger partial charge in [0.2, 0.25) is 0 Å². The van der Waals surface area contributed by atoms with E-state index in [9.17, 15) is 0 Å². The number of aromatic nitrogens is 1. The van der Waals surface area contributed by atoms with Crippen LogP contribution in [0.5, 0.6) is 11.5 Å². The number of hydrogen-bond acceptors (Lipinski definition) is 4. The summed E-state index contributed by atoms with van der Waals surface area (Å²) in [5.41, 5.74) is 7.92. The highest BCUT2D eigenvalue weighted by Crippen LogP contribution is 2.23. The molecule has 3 N–H and O–H groups in total. The van der Waals surface area contributed by atoms with Gasteiger partial charge in [-0.2, -0.15) is 0 Å². The van der Waals surface area contributed by atoms with Gasteiger partial charge in [-0.15, -0.1) is 35.3 Å². The van der Waals surface area contributed by atoms with Gasteiger partial charge in [0.25, 0.3) is 0 Å². The minimum absolute atomic E-state index is 0. The third kappa shape index (κ3) is 6.51. The summed E-state index contributed by atoms with van der Waals surface area (Å²) in [4.78, 5) is 10.1. The highest BCUT2D eigenvalue weighted by molar-refractivity contribution is 14.0. The highest BCUT2D eigenvalue weighted by Gasteiger charge is 2.03. The first-order chi connectivity index (χ1) is 12.6. The molecule has 0 aliphatic heterocycles. The zero-order chi connectivity index (χ0) is 18.4. The fraction of sp³-hybridized carbons (Fsp3) is 0.200. The topological polar surface area (TPSA) is 72.5 Å². The Bertz CT molecular complexity index is 877. The molecule has 142 valence electrons. The van der Waals surface area contributed by atoms with Crippen molar-refractivity contribution in [1.29, 1.82) is 0 Å². The zero-order valence-electron chi connectivity index (χ0n) is 15.3. The van der Waals surface area contributed by atoms with Crippen LogP contribution >= 0.6 is 35.3 Å². The van der Waals surface area contributed by atoms with Crippen LogP contribution in [0.1, 0.15) is 15.6 Å². The lowest BCUT2D eigenvalue weighted by atomic mass is 10.3. The Morgan fingerprint density at radius 1 is 1.11 bits per heavy atom. The van der Waals surface area contributed by atoms with Crippen LogP contribution in [0.3, 0.4) is 0 Å². The van der Waals surface area contributed by atoms with E-state index < -0.39 is 0 Å². The van der Waals surface area contributed by atoms with Crippen molar-refractivity contribution in [2.24, 2.45) is 10.7 Å². The third-order valence-electron chi connectivity index (χ3n) is 3.77. The number of anilines is 1. The summed E-state index contributed by atoms with van der Waals surface area (Å²) in [5.74, 6) is 1.91. The lowest BCUT2D eigenvalue weighted by Gasteiger charge is -2.09. The molecule has 0 saturated carbocycles. The van der Waals surface area contributed by atoms with Crippen molar-refractivity contribution in [2.75, 3.05) is 11.9 Å². The van der Waals surface area contributed by atoms with Crippen LogP contribution < -0.4 is 15.8 Å². The van der Waals surface area contributed by atoms with E-state index in [-0.39, 0.29) is 24.0 Å². The second kappa shape index (κ2) is 10.3. The average molecular weight is 494 g/mol. The van der Waals surface area contributed by atoms with Crippen LogP contribution in [0.15, 0.2) is 59.6 Å². The number of thiazole rings is 1. The molecular weight excluding hydrogens is 471 g/mol. The van der Waals surface area contributed by atoms with E-state index in [0.29, 0.717) is 12.5 Å². The number of ether oxygens (including phenoxy) is 1. The molecule has 0 aliphatic carbocycles. The number of aliphatic imine (C=N–C) groups is 1. The molecule has 1 aromatic heterocycles. The van der Waals surface area contributed by atoms with Gasteiger partial charge in [-0.05, 0) is 38.1 Å². The maximum atomic E-state index is 5.99. The number of rotatable bonds is 6. The van der Waals surface area contributed by atoms with Crippen molar-refractivity contribution in [3.63, 3.8) is 0 Å². The number of para-hydroxylation sites is 1. The predicted octanol–water partition coefficient (Wildman–Crippen LogP) is 5.14. The molecule has 2 aromatic carbocycles. The SMILES string of the molecule is Cc1nc(CCN=C(N)Nc2cccc(Oc3ccccc3)c2)sc1C.I. The summed E-state index contributed by atoms with van der Waals surface area (Å²) in [7, 11) is 0. The highest BCUT2D eigenvalue weighted by atomic mass is 127. The molecule has 5 nitrogen and oxygen atoms in total. The van der Waals surface area contributed by atoms with Crippen LogP contribution in [-0.2, 0) is 6.42 Å². The van der Waals surface area contributed by atoms with Crippen molar-refractivity contribution >= 4 is 47.0 Å². The minimum atomic E-state index is 0. The van der Waals surface area contributed by atoms with E-state index in [1.54, 1.807) is 11.3 Å². The van der Waals surface area contributed by atoms with Gasteiger partial charge >= 0.3 is 0 Å². The zero-order valence-corrected chi connectivity index (χ0v) is 18.5. The van der Waals surface area contributed by atoms with Crippen LogP contribution in [0.4, 0.5) is 5.69 Å². The van der Waals surface area contributed by atoms with Gasteiger partial charge in [0.05, 0.1) is 10.7 Å². The monoisotopic (exact) mass is 494 g/mol. The fourth-order valence-electron chi connectivity index (χ4n) is 2.37. The fourth-order valence-corrected chi connectivity index (χ4v) is 3.29. The molecule has 3 rings (SSSR count). The van der Waals surface area contributed by atoms with Crippen molar-refractivity contribution < 1.29 is 4.74 Å². The molecule has 3 aromatic rings. The Morgan fingerprint density at radius 3 is 2.56 bits per heavy atom. The quantitative estimate of drug-likeness (QED) is 0.283. The van der Waals surface area contributed by atoms with E-state index >= 15 is 0 Å². The average Bonchev–Trinajstić information content (AvgIpc) is 2.94. The molecule has 0 aliphatic rings. The summed E-state index contributed by atoms with van der Waals surface area (Å²) in [6, 6.07) is 17.3. The van der Waals surface area contributed by atoms with Gasteiger partial charge in [0, 0.05) is 29.6 Å². The Morgan fingerprint density at radius 2 is 1.85 bits per heavy atom. The molecule has 7 heteroatoms. The van der Waals surface area contributed by atoms with Crippen molar-refractivity contribution in [3.8, 4) is 11.5 Å². The predicted molar refractivity (Wildman–Crippen MR) is 124 cm³/mol. The first kappa shape index (κ1) is 21.2. The minimum Gasteiger partial charge on any atom is -0.457 e. The van der Waals surface area contributed by atoms with Gasteiger partial charge in [-0.3, -0.25) is 4.99 Å². The molecule has 27 heavy (non-hydrogen) atoms. The molecule has 0 radical (unpaired) electrons. The normalized spacial score (nSPS) is 11.0. The summed E-state index contributed by atoms with van der Waals surface area (Å²) >= 11 is 1.71.